The molecule has 1 aliphatic carbocycles. The van der Waals surface area contributed by atoms with Crippen molar-refractivity contribution < 1.29 is 19.4 Å². The lowest BCUT2D eigenvalue weighted by molar-refractivity contribution is -0.142. The first-order valence-corrected chi connectivity index (χ1v) is 9.84. The topological polar surface area (TPSA) is 139 Å². The number of halogens is 1. The molecule has 1 aromatic carbocycles. The first-order valence-electron chi connectivity index (χ1n) is 9.84. The smallest absolute Gasteiger partial charge is 0.329 e. The number of methoxy groups -OCH3 is 1. The highest BCUT2D eigenvalue weighted by Gasteiger charge is 2.25. The number of aromatic nitrogens is 2. The van der Waals surface area contributed by atoms with E-state index < -0.39 is 17.9 Å². The third-order valence-electron chi connectivity index (χ3n) is 5.32. The molecule has 5 N–H and O–H groups in total. The number of carbonyl (C=O) groups excluding carboxylic acids is 2. The summed E-state index contributed by atoms with van der Waals surface area (Å²) in [4.78, 5) is 33.2. The van der Waals surface area contributed by atoms with Crippen molar-refractivity contribution in [2.45, 2.75) is 45.2 Å². The Morgan fingerprint density at radius 1 is 1.29 bits per heavy atom. The van der Waals surface area contributed by atoms with Gasteiger partial charge in [0.25, 0.3) is 5.91 Å². The number of nitrogens with two attached hydrogens (primary N) is 1. The van der Waals surface area contributed by atoms with Gasteiger partial charge in [-0.05, 0) is 50.3 Å². The second-order valence-corrected chi connectivity index (χ2v) is 7.38. The molecule has 168 valence electrons. The summed E-state index contributed by atoms with van der Waals surface area (Å²) in [5, 5.41) is 16.0. The van der Waals surface area contributed by atoms with Gasteiger partial charge in [0, 0.05) is 12.6 Å². The summed E-state index contributed by atoms with van der Waals surface area (Å²) in [6.07, 6.45) is 2.41. The zero-order valence-electron chi connectivity index (χ0n) is 17.8. The second kappa shape index (κ2) is 10.4. The van der Waals surface area contributed by atoms with Crippen LogP contribution in [0.3, 0.4) is 0 Å². The predicted molar refractivity (Wildman–Crippen MR) is 119 cm³/mol. The molecule has 0 aliphatic heterocycles. The van der Waals surface area contributed by atoms with E-state index in [1.165, 1.54) is 7.11 Å². The fraction of sp³-hybridized carbons (Fsp3) is 0.429. The molecule has 2 aromatic rings. The molecule has 0 radical (unpaired) electrons. The second-order valence-electron chi connectivity index (χ2n) is 7.38. The van der Waals surface area contributed by atoms with Gasteiger partial charge in [0.1, 0.15) is 11.8 Å². The van der Waals surface area contributed by atoms with Crippen molar-refractivity contribution in [1.82, 2.24) is 15.3 Å². The van der Waals surface area contributed by atoms with Crippen LogP contribution in [0.4, 0.5) is 5.95 Å². The molecule has 1 unspecified atom stereocenters. The number of hydrogen-bond acceptors (Lipinski definition) is 8. The van der Waals surface area contributed by atoms with Gasteiger partial charge in [0.15, 0.2) is 0 Å². The Morgan fingerprint density at radius 3 is 2.58 bits per heavy atom. The number of hydrogen-bond donors (Lipinski definition) is 4. The van der Waals surface area contributed by atoms with Gasteiger partial charge in [0.2, 0.25) is 5.95 Å². The minimum absolute atomic E-state index is 0. The maximum Gasteiger partial charge on any atom is 0.329 e. The molecule has 1 heterocycles. The van der Waals surface area contributed by atoms with Crippen LogP contribution in [0.5, 0.6) is 5.75 Å². The molecule has 1 aliphatic rings. The lowest BCUT2D eigenvalue weighted by atomic mass is 9.88. The van der Waals surface area contributed by atoms with Gasteiger partial charge in [0.05, 0.1) is 24.1 Å². The van der Waals surface area contributed by atoms with E-state index in [2.05, 4.69) is 25.3 Å². The zero-order chi connectivity index (χ0) is 21.8. The van der Waals surface area contributed by atoms with Crippen molar-refractivity contribution in [2.75, 3.05) is 19.0 Å². The third-order valence-corrected chi connectivity index (χ3v) is 5.32. The minimum Gasteiger partial charge on any atom is -0.508 e. The number of rotatable bonds is 6. The van der Waals surface area contributed by atoms with Crippen molar-refractivity contribution in [3.63, 3.8) is 0 Å². The maximum absolute atomic E-state index is 12.6. The predicted octanol–water partition coefficient (Wildman–Crippen LogP) is 1.42. The average Bonchev–Trinajstić information content (AvgIpc) is 2.71. The van der Waals surface area contributed by atoms with Crippen LogP contribution >= 0.6 is 12.4 Å². The van der Waals surface area contributed by atoms with Crippen molar-refractivity contribution in [2.24, 2.45) is 5.73 Å². The Labute approximate surface area is 187 Å². The van der Waals surface area contributed by atoms with Crippen LogP contribution in [0.25, 0.3) is 0 Å². The van der Waals surface area contributed by atoms with Gasteiger partial charge in [-0.25, -0.2) is 14.8 Å². The lowest BCUT2D eigenvalue weighted by Crippen LogP contribution is -2.46. The molecule has 3 rings (SSSR count). The number of esters is 1. The van der Waals surface area contributed by atoms with Gasteiger partial charge >= 0.3 is 5.97 Å². The quantitative estimate of drug-likeness (QED) is 0.485. The minimum atomic E-state index is -0.936. The zero-order valence-corrected chi connectivity index (χ0v) is 18.6. The van der Waals surface area contributed by atoms with Crippen LogP contribution < -0.4 is 16.4 Å². The summed E-state index contributed by atoms with van der Waals surface area (Å²) in [6.45, 7) is 3.35. The number of phenolic OH excluding ortho intramolecular Hbond substituents is 1. The molecule has 1 amide bonds. The number of anilines is 1. The average molecular weight is 450 g/mol. The fourth-order valence-electron chi connectivity index (χ4n) is 3.77. The van der Waals surface area contributed by atoms with Gasteiger partial charge < -0.3 is 26.2 Å². The van der Waals surface area contributed by atoms with Gasteiger partial charge in [-0.2, -0.15) is 0 Å². The molecule has 9 nitrogen and oxygen atoms in total. The van der Waals surface area contributed by atoms with Crippen molar-refractivity contribution >= 4 is 30.2 Å². The first-order chi connectivity index (χ1) is 14.3. The molecule has 31 heavy (non-hydrogen) atoms. The highest BCUT2D eigenvalue weighted by atomic mass is 35.5. The molecule has 0 saturated heterocycles. The van der Waals surface area contributed by atoms with Gasteiger partial charge in [-0.3, -0.25) is 4.79 Å². The summed E-state index contributed by atoms with van der Waals surface area (Å²) in [7, 11) is 1.24. The van der Waals surface area contributed by atoms with Crippen LogP contribution in [0.15, 0.2) is 18.2 Å². The van der Waals surface area contributed by atoms with Crippen LogP contribution in [-0.2, 0) is 22.4 Å². The molecule has 0 fully saturated rings. The normalized spacial score (nSPS) is 15.8. The van der Waals surface area contributed by atoms with Crippen molar-refractivity contribution in [1.29, 1.82) is 0 Å². The van der Waals surface area contributed by atoms with E-state index in [0.717, 1.165) is 24.0 Å². The van der Waals surface area contributed by atoms with E-state index in [1.807, 2.05) is 12.1 Å². The van der Waals surface area contributed by atoms with E-state index in [1.54, 1.807) is 19.9 Å². The summed E-state index contributed by atoms with van der Waals surface area (Å²) in [5.74, 6) is -0.358. The Bertz CT molecular complexity index is 946. The standard InChI is InChI=1S/C21H27N5O4.ClH/c1-11-18(19(28)26-16(10-22)20(29)30-3)12(2)24-21(23-11)25-14-8-7-13-5-4-6-17(27)15(13)9-14;/h4-6,14,16,27H,7-10,22H2,1-3H3,(H,26,28)(H,23,24,25);1H/t14?,16-;/m0./s1. The highest BCUT2D eigenvalue weighted by molar-refractivity contribution is 5.98. The Morgan fingerprint density at radius 2 is 1.97 bits per heavy atom. The number of aryl methyl sites for hydroxylation is 3. The summed E-state index contributed by atoms with van der Waals surface area (Å²) in [6, 6.07) is 4.73. The number of nitrogens with one attached hydrogen (secondary N) is 2. The lowest BCUT2D eigenvalue weighted by Gasteiger charge is -2.26. The molecule has 0 spiro atoms. The third kappa shape index (κ3) is 5.42. The van der Waals surface area contributed by atoms with Crippen LogP contribution in [-0.4, -0.2) is 52.7 Å². The molecular weight excluding hydrogens is 422 g/mol. The van der Waals surface area contributed by atoms with E-state index in [-0.39, 0.29) is 25.0 Å². The SMILES string of the molecule is COC(=O)[C@H](CN)NC(=O)c1c(C)nc(NC2CCc3cccc(O)c3C2)nc1C.Cl. The number of fused-ring (bicyclic) bond motifs is 1. The molecule has 10 heteroatoms. The monoisotopic (exact) mass is 449 g/mol. The number of ether oxygens (including phenoxy) is 1. The Kier molecular flexibility index (Phi) is 8.18. The summed E-state index contributed by atoms with van der Waals surface area (Å²) >= 11 is 0. The van der Waals surface area contributed by atoms with E-state index in [4.69, 9.17) is 5.73 Å². The first kappa shape index (κ1) is 24.4. The Balaban J connectivity index is 0.00000341. The molecule has 1 aromatic heterocycles. The van der Waals surface area contributed by atoms with Crippen molar-refractivity contribution in [3.05, 3.63) is 46.3 Å². The summed E-state index contributed by atoms with van der Waals surface area (Å²) in [5.41, 5.74) is 8.93. The van der Waals surface area contributed by atoms with E-state index in [0.29, 0.717) is 35.1 Å². The molecule has 0 bridgehead atoms. The maximum atomic E-state index is 12.6. The number of benzene rings is 1. The number of carbonyl (C=O) groups is 2. The largest absolute Gasteiger partial charge is 0.508 e. The molecular formula is C21H28ClN5O4. The van der Waals surface area contributed by atoms with E-state index in [9.17, 15) is 14.7 Å². The number of amides is 1. The summed E-state index contributed by atoms with van der Waals surface area (Å²) < 4.78 is 4.64. The van der Waals surface area contributed by atoms with Crippen LogP contribution in [0.2, 0.25) is 0 Å². The number of nitrogens with zero attached hydrogens (tertiary/aromatic N) is 2. The number of aromatic hydroxyl groups is 1. The van der Waals surface area contributed by atoms with Crippen LogP contribution in [0, 0.1) is 13.8 Å². The van der Waals surface area contributed by atoms with Crippen LogP contribution in [0.1, 0.15) is 39.3 Å². The van der Waals surface area contributed by atoms with Gasteiger partial charge in [-0.1, -0.05) is 12.1 Å². The van der Waals surface area contributed by atoms with Crippen molar-refractivity contribution in [3.8, 4) is 5.75 Å². The Hall–Kier alpha value is -2.91. The number of phenols is 1. The molecule has 2 atom stereocenters. The van der Waals surface area contributed by atoms with Gasteiger partial charge in [-0.15, -0.1) is 12.4 Å². The molecule has 0 saturated carbocycles. The highest BCUT2D eigenvalue weighted by Crippen LogP contribution is 2.29. The fourth-order valence-corrected chi connectivity index (χ4v) is 3.77. The van der Waals surface area contributed by atoms with E-state index >= 15 is 0 Å².